The van der Waals surface area contributed by atoms with Crippen LogP contribution in [0.4, 0.5) is 0 Å². The predicted octanol–water partition coefficient (Wildman–Crippen LogP) is 9.10. The van der Waals surface area contributed by atoms with E-state index in [-0.39, 0.29) is 10.8 Å². The van der Waals surface area contributed by atoms with Gasteiger partial charge in [0.25, 0.3) is 0 Å². The molecule has 1 aliphatic rings. The van der Waals surface area contributed by atoms with Gasteiger partial charge in [0.2, 0.25) is 0 Å². The Morgan fingerprint density at radius 2 is 1.32 bits per heavy atom. The zero-order valence-electron chi connectivity index (χ0n) is 23.4. The van der Waals surface area contributed by atoms with E-state index in [4.69, 9.17) is 0 Å². The summed E-state index contributed by atoms with van der Waals surface area (Å²) in [4.78, 5) is 0. The van der Waals surface area contributed by atoms with Crippen LogP contribution in [-0.2, 0) is 46.9 Å². The van der Waals surface area contributed by atoms with Crippen molar-refractivity contribution in [3.8, 4) is 11.1 Å². The summed E-state index contributed by atoms with van der Waals surface area (Å²) in [5.74, 6) is 0. The fraction of sp³-hybridized carbons (Fsp3) is 0.455. The summed E-state index contributed by atoms with van der Waals surface area (Å²) in [7, 11) is 0. The molecule has 0 aromatic heterocycles. The molecule has 0 radical (unpaired) electrons. The Labute approximate surface area is 224 Å². The van der Waals surface area contributed by atoms with E-state index in [9.17, 15) is 0 Å². The maximum atomic E-state index is 3.67. The molecular weight excluding hydrogens is 488 g/mol. The second kappa shape index (κ2) is 11.1. The second-order valence-corrected chi connectivity index (χ2v) is 15.2. The summed E-state index contributed by atoms with van der Waals surface area (Å²) in [6, 6.07) is 23.7. The molecule has 0 atom stereocenters. The standard InChI is InChI=1S/C21H25.C9H13.C3H6.Zr/c1-20(2,3)16-7-9-18-14(12-16)11-15-13-17(21(4,5)6)8-10-19(15)18;1-9(2,3)8-6-4-5-7-8;1-3-2;/h7-10,12H,11H2,1-6H3;4-7H,1-3H3;1-2H3;/q2*-1;;+2. The first-order valence-electron chi connectivity index (χ1n) is 12.4. The second-order valence-electron chi connectivity index (χ2n) is 12.7. The van der Waals surface area contributed by atoms with Crippen molar-refractivity contribution in [1.82, 2.24) is 0 Å². The van der Waals surface area contributed by atoms with Crippen LogP contribution in [0, 0.1) is 6.07 Å². The molecule has 0 aliphatic heterocycles. The van der Waals surface area contributed by atoms with Crippen molar-refractivity contribution in [1.29, 1.82) is 0 Å². The van der Waals surface area contributed by atoms with Gasteiger partial charge in [-0.25, -0.2) is 6.07 Å². The zero-order valence-corrected chi connectivity index (χ0v) is 25.9. The Morgan fingerprint density at radius 1 is 0.765 bits per heavy atom. The SMILES string of the molecule is CC(C)(C)c1[c-]c2c(cc1)-c1ccc(C(C)(C)C)cc1C2.CC(C)(C)c1cc[cH-]c1.C[C](C)=[Zr+2]. The van der Waals surface area contributed by atoms with Crippen LogP contribution in [0.25, 0.3) is 11.1 Å². The molecule has 34 heavy (non-hydrogen) atoms. The molecule has 0 unspecified atom stereocenters. The Morgan fingerprint density at radius 3 is 1.76 bits per heavy atom. The van der Waals surface area contributed by atoms with Gasteiger partial charge in [-0.1, -0.05) is 91.5 Å². The molecule has 3 aromatic carbocycles. The first-order chi connectivity index (χ1) is 15.5. The van der Waals surface area contributed by atoms with Crippen molar-refractivity contribution in [2.24, 2.45) is 0 Å². The van der Waals surface area contributed by atoms with E-state index < -0.39 is 0 Å². The van der Waals surface area contributed by atoms with Crippen molar-refractivity contribution < 1.29 is 24.2 Å². The van der Waals surface area contributed by atoms with Crippen LogP contribution in [0.2, 0.25) is 0 Å². The molecule has 1 aliphatic carbocycles. The molecule has 0 spiro atoms. The minimum atomic E-state index is 0.167. The predicted molar refractivity (Wildman–Crippen MR) is 148 cm³/mol. The van der Waals surface area contributed by atoms with Crippen molar-refractivity contribution >= 4 is 3.21 Å². The molecule has 4 rings (SSSR count). The summed E-state index contributed by atoms with van der Waals surface area (Å²) in [5.41, 5.74) is 10.4. The fourth-order valence-corrected chi connectivity index (χ4v) is 3.90. The van der Waals surface area contributed by atoms with Crippen molar-refractivity contribution in [3.05, 3.63) is 88.5 Å². The molecule has 0 bridgehead atoms. The average Bonchev–Trinajstić information content (AvgIpc) is 3.33. The Hall–Kier alpha value is -1.46. The molecule has 0 nitrogen and oxygen atoms in total. The average molecular weight is 532 g/mol. The van der Waals surface area contributed by atoms with Gasteiger partial charge in [-0.2, -0.15) is 47.5 Å². The number of fused-ring (bicyclic) bond motifs is 3. The summed E-state index contributed by atoms with van der Waals surface area (Å²) in [5, 5.41) is 0. The van der Waals surface area contributed by atoms with Gasteiger partial charge >= 0.3 is 41.3 Å². The van der Waals surface area contributed by atoms with Gasteiger partial charge in [0.15, 0.2) is 0 Å². The molecule has 180 valence electrons. The topological polar surface area (TPSA) is 0 Å². The fourth-order valence-electron chi connectivity index (χ4n) is 3.90. The van der Waals surface area contributed by atoms with Gasteiger partial charge in [-0.3, -0.25) is 0 Å². The first kappa shape index (κ1) is 28.8. The summed E-state index contributed by atoms with van der Waals surface area (Å²) < 4.78 is 1.51. The van der Waals surface area contributed by atoms with Crippen LogP contribution >= 0.6 is 0 Å². The van der Waals surface area contributed by atoms with Crippen molar-refractivity contribution in [2.45, 2.75) is 98.8 Å². The van der Waals surface area contributed by atoms with E-state index >= 15 is 0 Å². The third-order valence-corrected chi connectivity index (χ3v) is 5.99. The van der Waals surface area contributed by atoms with E-state index in [1.165, 1.54) is 42.2 Å². The molecule has 0 N–H and O–H groups in total. The molecule has 1 heteroatoms. The van der Waals surface area contributed by atoms with Gasteiger partial charge in [-0.15, -0.1) is 11.1 Å². The summed E-state index contributed by atoms with van der Waals surface area (Å²) in [6.45, 7) is 24.5. The van der Waals surface area contributed by atoms with Gasteiger partial charge in [0.1, 0.15) is 0 Å². The Kier molecular flexibility index (Phi) is 9.38. The Bertz CT molecular complexity index is 1030. The molecule has 0 amide bonds. The first-order valence-corrected chi connectivity index (χ1v) is 13.7. The monoisotopic (exact) mass is 530 g/mol. The normalized spacial score (nSPS) is 12.6. The maximum absolute atomic E-state index is 3.67. The van der Waals surface area contributed by atoms with E-state index in [2.05, 4.69) is 137 Å². The van der Waals surface area contributed by atoms with Gasteiger partial charge in [-0.05, 0) is 28.4 Å². The molecule has 0 saturated carbocycles. The van der Waals surface area contributed by atoms with Gasteiger partial charge in [0.05, 0.1) is 0 Å². The number of rotatable bonds is 0. The molecule has 0 fully saturated rings. The summed E-state index contributed by atoms with van der Waals surface area (Å²) in [6.07, 6.45) is 1.03. The van der Waals surface area contributed by atoms with Gasteiger partial charge in [0, 0.05) is 0 Å². The molecular formula is C33H44Zr. The molecule has 0 heterocycles. The van der Waals surface area contributed by atoms with Crippen LogP contribution < -0.4 is 0 Å². The summed E-state index contributed by atoms with van der Waals surface area (Å²) >= 11 is 1.55. The van der Waals surface area contributed by atoms with E-state index in [1.54, 1.807) is 24.2 Å². The van der Waals surface area contributed by atoms with Crippen LogP contribution in [-0.4, -0.2) is 3.21 Å². The van der Waals surface area contributed by atoms with E-state index in [0.717, 1.165) is 6.42 Å². The van der Waals surface area contributed by atoms with E-state index in [1.807, 2.05) is 0 Å². The third kappa shape index (κ3) is 8.05. The molecule has 0 saturated heterocycles. The van der Waals surface area contributed by atoms with Crippen molar-refractivity contribution in [2.75, 3.05) is 0 Å². The number of benzene rings is 2. The van der Waals surface area contributed by atoms with Crippen LogP contribution in [0.1, 0.15) is 104 Å². The van der Waals surface area contributed by atoms with Gasteiger partial charge < -0.3 is 0 Å². The van der Waals surface area contributed by atoms with Crippen molar-refractivity contribution in [3.63, 3.8) is 0 Å². The number of hydrogen-bond donors (Lipinski definition) is 0. The van der Waals surface area contributed by atoms with E-state index in [0.29, 0.717) is 5.41 Å². The Balaban J connectivity index is 0.000000260. The zero-order chi connectivity index (χ0) is 25.9. The van der Waals surface area contributed by atoms with Crippen LogP contribution in [0.5, 0.6) is 0 Å². The minimum absolute atomic E-state index is 0.167. The van der Waals surface area contributed by atoms with Crippen LogP contribution in [0.3, 0.4) is 0 Å². The third-order valence-electron chi connectivity index (χ3n) is 5.99. The quantitative estimate of drug-likeness (QED) is 0.198. The number of hydrogen-bond acceptors (Lipinski definition) is 0. The van der Waals surface area contributed by atoms with Crippen LogP contribution in [0.15, 0.2) is 54.6 Å². The molecule has 3 aromatic rings.